The summed E-state index contributed by atoms with van der Waals surface area (Å²) in [7, 11) is 1.74. The fourth-order valence-electron chi connectivity index (χ4n) is 2.54. The zero-order chi connectivity index (χ0) is 15.3. The van der Waals surface area contributed by atoms with Gasteiger partial charge in [-0.3, -0.25) is 4.79 Å². The van der Waals surface area contributed by atoms with Gasteiger partial charge in [0.1, 0.15) is 0 Å². The highest BCUT2D eigenvalue weighted by molar-refractivity contribution is 5.78. The minimum atomic E-state index is -0.813. The molecule has 0 atom stereocenters. The monoisotopic (exact) mass is 292 g/mol. The second-order valence-electron chi connectivity index (χ2n) is 5.78. The molecule has 0 saturated carbocycles. The van der Waals surface area contributed by atoms with Crippen LogP contribution < -0.4 is 5.73 Å². The number of hydrogen-bond donors (Lipinski definition) is 2. The summed E-state index contributed by atoms with van der Waals surface area (Å²) in [5.41, 5.74) is 6.75. The van der Waals surface area contributed by atoms with E-state index in [0.717, 1.165) is 11.1 Å². The molecule has 5 nitrogen and oxygen atoms in total. The average molecular weight is 292 g/mol. The van der Waals surface area contributed by atoms with Crippen LogP contribution in [-0.4, -0.2) is 48.3 Å². The summed E-state index contributed by atoms with van der Waals surface area (Å²) in [6.45, 7) is 1.97. The molecule has 1 aromatic carbocycles. The number of aliphatic hydroxyl groups is 1. The van der Waals surface area contributed by atoms with Crippen molar-refractivity contribution in [3.63, 3.8) is 0 Å². The largest absolute Gasteiger partial charge is 0.388 e. The number of benzene rings is 1. The molecule has 1 heterocycles. The van der Waals surface area contributed by atoms with Crippen molar-refractivity contribution in [3.05, 3.63) is 35.4 Å². The molecule has 21 heavy (non-hydrogen) atoms. The summed E-state index contributed by atoms with van der Waals surface area (Å²) in [6.07, 6.45) is 1.50. The topological polar surface area (TPSA) is 75.8 Å². The summed E-state index contributed by atoms with van der Waals surface area (Å²) < 4.78 is 5.25. The van der Waals surface area contributed by atoms with E-state index in [1.165, 1.54) is 0 Å². The van der Waals surface area contributed by atoms with Gasteiger partial charge in [-0.2, -0.15) is 0 Å². The van der Waals surface area contributed by atoms with Crippen LogP contribution in [0, 0.1) is 0 Å². The van der Waals surface area contributed by atoms with Crippen LogP contribution in [0.15, 0.2) is 24.3 Å². The van der Waals surface area contributed by atoms with Crippen molar-refractivity contribution < 1.29 is 14.6 Å². The van der Waals surface area contributed by atoms with E-state index in [4.69, 9.17) is 10.5 Å². The minimum Gasteiger partial charge on any atom is -0.388 e. The molecule has 0 unspecified atom stereocenters. The third-order valence-electron chi connectivity index (χ3n) is 3.99. The molecule has 1 fully saturated rings. The van der Waals surface area contributed by atoms with Gasteiger partial charge in [0.15, 0.2) is 0 Å². The van der Waals surface area contributed by atoms with E-state index in [1.54, 1.807) is 11.9 Å². The Kier molecular flexibility index (Phi) is 5.33. The lowest BCUT2D eigenvalue weighted by atomic mass is 9.94. The van der Waals surface area contributed by atoms with Crippen molar-refractivity contribution in [2.24, 2.45) is 5.73 Å². The molecule has 116 valence electrons. The van der Waals surface area contributed by atoms with Crippen LogP contribution >= 0.6 is 0 Å². The zero-order valence-electron chi connectivity index (χ0n) is 12.5. The third-order valence-corrected chi connectivity index (χ3v) is 3.99. The van der Waals surface area contributed by atoms with Crippen molar-refractivity contribution in [3.8, 4) is 0 Å². The molecule has 0 radical (unpaired) electrons. The Morgan fingerprint density at radius 2 is 1.86 bits per heavy atom. The minimum absolute atomic E-state index is 0.00964. The fraction of sp³-hybridized carbons (Fsp3) is 0.562. The summed E-state index contributed by atoms with van der Waals surface area (Å²) in [6, 6.07) is 7.73. The van der Waals surface area contributed by atoms with Crippen molar-refractivity contribution in [2.75, 3.05) is 26.8 Å². The fourth-order valence-corrected chi connectivity index (χ4v) is 2.54. The number of likely N-dealkylation sites (N-methyl/N-ethyl adjacent to an activating group) is 1. The molecular formula is C16H24N2O3. The van der Waals surface area contributed by atoms with Gasteiger partial charge in [-0.25, -0.2) is 0 Å². The average Bonchev–Trinajstić information content (AvgIpc) is 2.48. The van der Waals surface area contributed by atoms with E-state index in [0.29, 0.717) is 45.6 Å². The number of rotatable bonds is 5. The van der Waals surface area contributed by atoms with Crippen LogP contribution in [-0.2, 0) is 22.5 Å². The molecule has 2 rings (SSSR count). The highest BCUT2D eigenvalue weighted by Gasteiger charge is 2.32. The zero-order valence-corrected chi connectivity index (χ0v) is 12.5. The van der Waals surface area contributed by atoms with Crippen molar-refractivity contribution in [2.45, 2.75) is 31.4 Å². The first-order valence-corrected chi connectivity index (χ1v) is 7.34. The Bertz CT molecular complexity index is 467. The number of nitrogens with two attached hydrogens (primary N) is 1. The van der Waals surface area contributed by atoms with Gasteiger partial charge in [0, 0.05) is 46.2 Å². The van der Waals surface area contributed by atoms with E-state index in [2.05, 4.69) is 0 Å². The molecule has 5 heteroatoms. The predicted molar refractivity (Wildman–Crippen MR) is 80.7 cm³/mol. The highest BCUT2D eigenvalue weighted by atomic mass is 16.5. The van der Waals surface area contributed by atoms with Crippen LogP contribution in [0.4, 0.5) is 0 Å². The van der Waals surface area contributed by atoms with Crippen LogP contribution in [0.25, 0.3) is 0 Å². The highest BCUT2D eigenvalue weighted by Crippen LogP contribution is 2.21. The van der Waals surface area contributed by atoms with Gasteiger partial charge < -0.3 is 20.5 Å². The van der Waals surface area contributed by atoms with Crippen molar-refractivity contribution >= 4 is 5.91 Å². The molecule has 0 aromatic heterocycles. The van der Waals surface area contributed by atoms with E-state index < -0.39 is 5.60 Å². The summed E-state index contributed by atoms with van der Waals surface area (Å²) in [4.78, 5) is 13.9. The number of hydrogen-bond acceptors (Lipinski definition) is 4. The molecule has 1 aliphatic rings. The Morgan fingerprint density at radius 1 is 1.29 bits per heavy atom. The summed E-state index contributed by atoms with van der Waals surface area (Å²) >= 11 is 0. The maximum atomic E-state index is 12.2. The van der Waals surface area contributed by atoms with Gasteiger partial charge in [-0.05, 0) is 11.1 Å². The van der Waals surface area contributed by atoms with Gasteiger partial charge >= 0.3 is 0 Å². The number of amides is 1. The summed E-state index contributed by atoms with van der Waals surface area (Å²) in [5, 5.41) is 10.4. The lowest BCUT2D eigenvalue weighted by Crippen LogP contribution is -2.47. The van der Waals surface area contributed by atoms with Gasteiger partial charge in [0.05, 0.1) is 12.0 Å². The van der Waals surface area contributed by atoms with Gasteiger partial charge in [0.2, 0.25) is 5.91 Å². The van der Waals surface area contributed by atoms with Gasteiger partial charge in [-0.15, -0.1) is 0 Å². The van der Waals surface area contributed by atoms with Gasteiger partial charge in [0.25, 0.3) is 0 Å². The van der Waals surface area contributed by atoms with E-state index in [1.807, 2.05) is 24.3 Å². The number of nitrogens with zero attached hydrogens (tertiary/aromatic N) is 1. The van der Waals surface area contributed by atoms with Gasteiger partial charge in [-0.1, -0.05) is 24.3 Å². The Balaban J connectivity index is 1.89. The Morgan fingerprint density at radius 3 is 2.43 bits per heavy atom. The lowest BCUT2D eigenvalue weighted by Gasteiger charge is -2.35. The first kappa shape index (κ1) is 15.9. The smallest absolute Gasteiger partial charge is 0.226 e. The summed E-state index contributed by atoms with van der Waals surface area (Å²) in [5.74, 6) is 0.00964. The van der Waals surface area contributed by atoms with Crippen molar-refractivity contribution in [1.82, 2.24) is 4.90 Å². The van der Waals surface area contributed by atoms with E-state index >= 15 is 0 Å². The Labute approximate surface area is 125 Å². The number of carbonyl (C=O) groups excluding carboxylic acids is 1. The Hall–Kier alpha value is -1.43. The molecule has 0 aliphatic carbocycles. The molecule has 0 bridgehead atoms. The lowest BCUT2D eigenvalue weighted by molar-refractivity contribution is -0.136. The molecule has 1 saturated heterocycles. The normalized spacial score (nSPS) is 17.5. The van der Waals surface area contributed by atoms with Crippen LogP contribution in [0.2, 0.25) is 0 Å². The first-order chi connectivity index (χ1) is 10.0. The van der Waals surface area contributed by atoms with E-state index in [-0.39, 0.29) is 5.91 Å². The molecular weight excluding hydrogens is 268 g/mol. The second-order valence-corrected chi connectivity index (χ2v) is 5.78. The molecule has 1 amide bonds. The maximum absolute atomic E-state index is 12.2. The number of carbonyl (C=O) groups is 1. The van der Waals surface area contributed by atoms with Crippen LogP contribution in [0.3, 0.4) is 0 Å². The van der Waals surface area contributed by atoms with E-state index in [9.17, 15) is 9.90 Å². The number of ether oxygens (including phenoxy) is 1. The van der Waals surface area contributed by atoms with Crippen LogP contribution in [0.5, 0.6) is 0 Å². The first-order valence-electron chi connectivity index (χ1n) is 7.34. The van der Waals surface area contributed by atoms with Crippen molar-refractivity contribution in [1.29, 1.82) is 0 Å². The SMILES string of the molecule is CN(CC1(O)CCOCC1)C(=O)Cc1ccc(CN)cc1. The molecule has 1 aliphatic heterocycles. The second kappa shape index (κ2) is 7.02. The molecule has 0 spiro atoms. The van der Waals surface area contributed by atoms with Crippen LogP contribution in [0.1, 0.15) is 24.0 Å². The third kappa shape index (κ3) is 4.52. The molecule has 1 aromatic rings. The quantitative estimate of drug-likeness (QED) is 0.837. The standard InChI is InChI=1S/C16H24N2O3/c1-18(12-16(20)6-8-21-9-7-16)15(19)10-13-2-4-14(11-17)5-3-13/h2-5,20H,6-12,17H2,1H3. The molecule has 3 N–H and O–H groups in total. The maximum Gasteiger partial charge on any atom is 0.226 e. The predicted octanol–water partition coefficient (Wildman–Crippen LogP) is 0.688.